The standard InChI is InChI=1S/C12H10ClF2N3/c13-11-4-9(16)5-12(18-11)17-6-7-1-2-8(14)3-10(7)15/h1-5H,6H2,(H3,16,17,18). The van der Waals surface area contributed by atoms with Crippen LogP contribution in [0.15, 0.2) is 30.3 Å². The predicted octanol–water partition coefficient (Wildman–Crippen LogP) is 3.21. The molecule has 3 N–H and O–H groups in total. The van der Waals surface area contributed by atoms with Gasteiger partial charge in [0.2, 0.25) is 0 Å². The minimum Gasteiger partial charge on any atom is -0.399 e. The van der Waals surface area contributed by atoms with Gasteiger partial charge in [-0.25, -0.2) is 13.8 Å². The second-order valence-electron chi connectivity index (χ2n) is 3.70. The molecular formula is C12H10ClF2N3. The quantitative estimate of drug-likeness (QED) is 0.841. The Kier molecular flexibility index (Phi) is 3.62. The van der Waals surface area contributed by atoms with Gasteiger partial charge in [-0.2, -0.15) is 0 Å². The molecular weight excluding hydrogens is 260 g/mol. The zero-order chi connectivity index (χ0) is 13.1. The van der Waals surface area contributed by atoms with Crippen molar-refractivity contribution in [3.63, 3.8) is 0 Å². The number of hydrogen-bond donors (Lipinski definition) is 2. The van der Waals surface area contributed by atoms with E-state index in [1.54, 1.807) is 6.07 Å². The van der Waals surface area contributed by atoms with Crippen LogP contribution in [0.2, 0.25) is 5.15 Å². The predicted molar refractivity (Wildman–Crippen MR) is 67.3 cm³/mol. The molecule has 0 saturated heterocycles. The smallest absolute Gasteiger partial charge is 0.133 e. The van der Waals surface area contributed by atoms with Crippen molar-refractivity contribution in [3.05, 3.63) is 52.7 Å². The van der Waals surface area contributed by atoms with Crippen LogP contribution in [-0.2, 0) is 6.54 Å². The topological polar surface area (TPSA) is 50.9 Å². The third-order valence-electron chi connectivity index (χ3n) is 2.29. The lowest BCUT2D eigenvalue weighted by atomic mass is 10.2. The summed E-state index contributed by atoms with van der Waals surface area (Å²) in [5.74, 6) is -0.789. The third kappa shape index (κ3) is 3.07. The van der Waals surface area contributed by atoms with Crippen molar-refractivity contribution in [3.8, 4) is 0 Å². The van der Waals surface area contributed by atoms with Gasteiger partial charge in [0.05, 0.1) is 0 Å². The van der Waals surface area contributed by atoms with Gasteiger partial charge < -0.3 is 11.1 Å². The second kappa shape index (κ2) is 5.18. The molecule has 3 nitrogen and oxygen atoms in total. The lowest BCUT2D eigenvalue weighted by molar-refractivity contribution is 0.574. The van der Waals surface area contributed by atoms with E-state index in [0.29, 0.717) is 17.1 Å². The molecule has 6 heteroatoms. The van der Waals surface area contributed by atoms with Crippen LogP contribution in [0.3, 0.4) is 0 Å². The lowest BCUT2D eigenvalue weighted by Crippen LogP contribution is -2.04. The van der Waals surface area contributed by atoms with E-state index in [2.05, 4.69) is 10.3 Å². The van der Waals surface area contributed by atoms with E-state index in [0.717, 1.165) is 6.07 Å². The minimum absolute atomic E-state index is 0.166. The van der Waals surface area contributed by atoms with E-state index in [1.165, 1.54) is 18.2 Å². The Labute approximate surface area is 108 Å². The Morgan fingerprint density at radius 2 is 2.00 bits per heavy atom. The summed E-state index contributed by atoms with van der Waals surface area (Å²) in [4.78, 5) is 3.97. The summed E-state index contributed by atoms with van der Waals surface area (Å²) in [6, 6.07) is 6.47. The van der Waals surface area contributed by atoms with E-state index >= 15 is 0 Å². The number of pyridine rings is 1. The highest BCUT2D eigenvalue weighted by atomic mass is 35.5. The van der Waals surface area contributed by atoms with Crippen molar-refractivity contribution in [1.29, 1.82) is 0 Å². The Balaban J connectivity index is 2.11. The van der Waals surface area contributed by atoms with Crippen molar-refractivity contribution < 1.29 is 8.78 Å². The monoisotopic (exact) mass is 269 g/mol. The summed E-state index contributed by atoms with van der Waals surface area (Å²) in [5.41, 5.74) is 6.38. The van der Waals surface area contributed by atoms with Gasteiger partial charge in [-0.1, -0.05) is 17.7 Å². The molecule has 2 aromatic rings. The van der Waals surface area contributed by atoms with E-state index in [4.69, 9.17) is 17.3 Å². The van der Waals surface area contributed by atoms with E-state index < -0.39 is 11.6 Å². The normalized spacial score (nSPS) is 10.4. The van der Waals surface area contributed by atoms with Crippen LogP contribution < -0.4 is 11.1 Å². The van der Waals surface area contributed by atoms with Crippen LogP contribution >= 0.6 is 11.6 Å². The molecule has 1 aromatic carbocycles. The van der Waals surface area contributed by atoms with Crippen molar-refractivity contribution >= 4 is 23.1 Å². The molecule has 0 fully saturated rings. The van der Waals surface area contributed by atoms with Crippen LogP contribution in [0.4, 0.5) is 20.3 Å². The number of hydrogen-bond acceptors (Lipinski definition) is 3. The van der Waals surface area contributed by atoms with Gasteiger partial charge in [0.15, 0.2) is 0 Å². The molecule has 94 valence electrons. The van der Waals surface area contributed by atoms with Gasteiger partial charge in [0, 0.05) is 29.9 Å². The number of anilines is 2. The molecule has 2 rings (SSSR count). The maximum absolute atomic E-state index is 13.4. The Hall–Kier alpha value is -1.88. The van der Waals surface area contributed by atoms with Gasteiger partial charge in [-0.3, -0.25) is 0 Å². The highest BCUT2D eigenvalue weighted by Crippen LogP contribution is 2.17. The molecule has 0 saturated carbocycles. The molecule has 0 bridgehead atoms. The van der Waals surface area contributed by atoms with Gasteiger partial charge >= 0.3 is 0 Å². The largest absolute Gasteiger partial charge is 0.399 e. The van der Waals surface area contributed by atoms with Gasteiger partial charge in [0.25, 0.3) is 0 Å². The summed E-state index contributed by atoms with van der Waals surface area (Å²) in [5, 5.41) is 3.11. The summed E-state index contributed by atoms with van der Waals surface area (Å²) >= 11 is 5.73. The minimum atomic E-state index is -0.613. The van der Waals surface area contributed by atoms with Crippen LogP contribution in [0.1, 0.15) is 5.56 Å². The van der Waals surface area contributed by atoms with Crippen molar-refractivity contribution in [2.75, 3.05) is 11.1 Å². The number of nitrogen functional groups attached to an aromatic ring is 1. The van der Waals surface area contributed by atoms with Crippen LogP contribution in [0.5, 0.6) is 0 Å². The van der Waals surface area contributed by atoms with Crippen LogP contribution in [-0.4, -0.2) is 4.98 Å². The molecule has 0 aliphatic heterocycles. The van der Waals surface area contributed by atoms with Gasteiger partial charge in [-0.05, 0) is 12.1 Å². The average molecular weight is 270 g/mol. The fraction of sp³-hybridized carbons (Fsp3) is 0.0833. The molecule has 1 heterocycles. The van der Waals surface area contributed by atoms with Crippen molar-refractivity contribution in [2.45, 2.75) is 6.54 Å². The lowest BCUT2D eigenvalue weighted by Gasteiger charge is -2.07. The summed E-state index contributed by atoms with van der Waals surface area (Å²) in [6.45, 7) is 0.166. The number of nitrogens with one attached hydrogen (secondary N) is 1. The first kappa shape index (κ1) is 12.6. The average Bonchev–Trinajstić information content (AvgIpc) is 2.26. The number of nitrogens with zero attached hydrogens (tertiary/aromatic N) is 1. The summed E-state index contributed by atoms with van der Waals surface area (Å²) in [7, 11) is 0. The molecule has 0 radical (unpaired) electrons. The van der Waals surface area contributed by atoms with Crippen LogP contribution in [0, 0.1) is 11.6 Å². The van der Waals surface area contributed by atoms with Crippen LogP contribution in [0.25, 0.3) is 0 Å². The molecule has 0 spiro atoms. The third-order valence-corrected chi connectivity index (χ3v) is 2.49. The number of aromatic nitrogens is 1. The molecule has 18 heavy (non-hydrogen) atoms. The molecule has 0 atom stereocenters. The highest BCUT2D eigenvalue weighted by molar-refractivity contribution is 6.29. The van der Waals surface area contributed by atoms with E-state index in [1.807, 2.05) is 0 Å². The van der Waals surface area contributed by atoms with Crippen molar-refractivity contribution in [2.24, 2.45) is 0 Å². The number of rotatable bonds is 3. The zero-order valence-corrected chi connectivity index (χ0v) is 10.0. The Bertz CT molecular complexity index is 555. The zero-order valence-electron chi connectivity index (χ0n) is 9.25. The number of halogens is 3. The maximum atomic E-state index is 13.4. The summed E-state index contributed by atoms with van der Waals surface area (Å²) in [6.07, 6.45) is 0. The number of nitrogens with two attached hydrogens (primary N) is 1. The molecule has 0 aliphatic rings. The Morgan fingerprint density at radius 3 is 2.67 bits per heavy atom. The number of benzene rings is 1. The maximum Gasteiger partial charge on any atom is 0.133 e. The van der Waals surface area contributed by atoms with E-state index in [9.17, 15) is 8.78 Å². The fourth-order valence-electron chi connectivity index (χ4n) is 1.46. The van der Waals surface area contributed by atoms with Gasteiger partial charge in [-0.15, -0.1) is 0 Å². The summed E-state index contributed by atoms with van der Waals surface area (Å²) < 4.78 is 26.1. The first-order valence-electron chi connectivity index (χ1n) is 5.15. The first-order valence-corrected chi connectivity index (χ1v) is 5.53. The fourth-order valence-corrected chi connectivity index (χ4v) is 1.68. The van der Waals surface area contributed by atoms with Gasteiger partial charge in [0.1, 0.15) is 22.6 Å². The second-order valence-corrected chi connectivity index (χ2v) is 4.08. The molecule has 1 aromatic heterocycles. The van der Waals surface area contributed by atoms with Crippen molar-refractivity contribution in [1.82, 2.24) is 4.98 Å². The SMILES string of the molecule is Nc1cc(Cl)nc(NCc2ccc(F)cc2F)c1. The molecule has 0 amide bonds. The first-order chi connectivity index (χ1) is 8.54. The van der Waals surface area contributed by atoms with E-state index in [-0.39, 0.29) is 11.7 Å². The highest BCUT2D eigenvalue weighted by Gasteiger charge is 2.04. The molecule has 0 aliphatic carbocycles. The Morgan fingerprint density at radius 1 is 1.22 bits per heavy atom. The molecule has 0 unspecified atom stereocenters.